The van der Waals surface area contributed by atoms with E-state index in [4.69, 9.17) is 9.47 Å². The molecule has 10 heteroatoms. The lowest BCUT2D eigenvalue weighted by Gasteiger charge is -2.10. The number of benzene rings is 2. The van der Waals surface area contributed by atoms with Gasteiger partial charge in [-0.25, -0.2) is 26.3 Å². The minimum absolute atomic E-state index is 0.0663. The van der Waals surface area contributed by atoms with Crippen LogP contribution in [-0.4, -0.2) is 43.1 Å². The number of nitrogens with one attached hydrogen (secondary N) is 2. The van der Waals surface area contributed by atoms with Crippen molar-refractivity contribution >= 4 is 20.0 Å². The van der Waals surface area contributed by atoms with E-state index in [-0.39, 0.29) is 22.9 Å². The lowest BCUT2D eigenvalue weighted by Crippen LogP contribution is -2.34. The summed E-state index contributed by atoms with van der Waals surface area (Å²) in [5.41, 5.74) is 1.70. The van der Waals surface area contributed by atoms with Gasteiger partial charge in [0, 0.05) is 25.9 Å². The molecule has 0 fully saturated rings. The first-order chi connectivity index (χ1) is 13.4. The van der Waals surface area contributed by atoms with Crippen LogP contribution in [0.5, 0.6) is 11.5 Å². The van der Waals surface area contributed by atoms with Crippen molar-refractivity contribution in [2.45, 2.75) is 22.6 Å². The van der Waals surface area contributed by atoms with Crippen LogP contribution in [0.25, 0.3) is 0 Å². The normalized spacial score (nSPS) is 15.6. The van der Waals surface area contributed by atoms with Crippen molar-refractivity contribution in [3.63, 3.8) is 0 Å². The first-order valence-corrected chi connectivity index (χ1v) is 11.8. The van der Waals surface area contributed by atoms with Gasteiger partial charge in [0.05, 0.1) is 23.0 Å². The second kappa shape index (κ2) is 7.36. The summed E-state index contributed by atoms with van der Waals surface area (Å²) in [7, 11) is -7.46. The van der Waals surface area contributed by atoms with E-state index in [1.165, 1.54) is 12.1 Å². The van der Waals surface area contributed by atoms with Gasteiger partial charge >= 0.3 is 0 Å². The third kappa shape index (κ3) is 3.86. The molecule has 0 saturated heterocycles. The SMILES string of the molecule is O=S(=O)(NCCNS(=O)(=O)c1ccc2c(c1)CCO2)c1ccc2c(c1)CCO2. The van der Waals surface area contributed by atoms with E-state index < -0.39 is 20.0 Å². The Morgan fingerprint density at radius 3 is 1.57 bits per heavy atom. The fraction of sp³-hybridized carbons (Fsp3) is 0.333. The number of hydrogen-bond donors (Lipinski definition) is 2. The second-order valence-corrected chi connectivity index (χ2v) is 10.1. The minimum Gasteiger partial charge on any atom is -0.493 e. The summed E-state index contributed by atoms with van der Waals surface area (Å²) in [5, 5.41) is 0. The van der Waals surface area contributed by atoms with Gasteiger partial charge in [-0.2, -0.15) is 0 Å². The summed E-state index contributed by atoms with van der Waals surface area (Å²) in [5.74, 6) is 1.40. The monoisotopic (exact) mass is 424 g/mol. The lowest BCUT2D eigenvalue weighted by atomic mass is 10.2. The molecule has 28 heavy (non-hydrogen) atoms. The topological polar surface area (TPSA) is 111 Å². The predicted octanol–water partition coefficient (Wildman–Crippen LogP) is 0.813. The van der Waals surface area contributed by atoms with Gasteiger partial charge in [-0.15, -0.1) is 0 Å². The molecule has 0 aliphatic carbocycles. The second-order valence-electron chi connectivity index (χ2n) is 6.53. The van der Waals surface area contributed by atoms with Gasteiger partial charge in [0.2, 0.25) is 20.0 Å². The highest BCUT2D eigenvalue weighted by Crippen LogP contribution is 2.28. The zero-order valence-corrected chi connectivity index (χ0v) is 16.6. The molecule has 0 spiro atoms. The van der Waals surface area contributed by atoms with Gasteiger partial charge in [-0.05, 0) is 47.5 Å². The highest BCUT2D eigenvalue weighted by atomic mass is 32.2. The van der Waals surface area contributed by atoms with Gasteiger partial charge < -0.3 is 9.47 Å². The molecule has 0 aromatic heterocycles. The maximum Gasteiger partial charge on any atom is 0.240 e. The smallest absolute Gasteiger partial charge is 0.240 e. The molecule has 2 aliphatic rings. The highest BCUT2D eigenvalue weighted by molar-refractivity contribution is 7.89. The third-order valence-corrected chi connectivity index (χ3v) is 7.57. The maximum atomic E-state index is 12.4. The Bertz CT molecular complexity index is 1020. The van der Waals surface area contributed by atoms with E-state index in [1.807, 2.05) is 0 Å². The Morgan fingerprint density at radius 1 is 0.714 bits per heavy atom. The van der Waals surface area contributed by atoms with Crippen molar-refractivity contribution < 1.29 is 26.3 Å². The first-order valence-electron chi connectivity index (χ1n) is 8.86. The van der Waals surface area contributed by atoms with Crippen LogP contribution < -0.4 is 18.9 Å². The average Bonchev–Trinajstić information content (AvgIpc) is 3.32. The zero-order valence-electron chi connectivity index (χ0n) is 15.0. The van der Waals surface area contributed by atoms with E-state index in [2.05, 4.69) is 9.44 Å². The molecular formula is C18H20N2O6S2. The number of rotatable bonds is 7. The Hall–Kier alpha value is -2.14. The van der Waals surface area contributed by atoms with Crippen LogP contribution in [0, 0.1) is 0 Å². The molecule has 0 bridgehead atoms. The van der Waals surface area contributed by atoms with Gasteiger partial charge in [-0.1, -0.05) is 0 Å². The molecule has 2 heterocycles. The Labute approximate surface area is 164 Å². The van der Waals surface area contributed by atoms with Crippen LogP contribution in [0.15, 0.2) is 46.2 Å². The van der Waals surface area contributed by atoms with Crippen LogP contribution in [0.3, 0.4) is 0 Å². The van der Waals surface area contributed by atoms with Gasteiger partial charge in [-0.3, -0.25) is 0 Å². The lowest BCUT2D eigenvalue weighted by molar-refractivity contribution is 0.356. The summed E-state index contributed by atoms with van der Waals surface area (Å²) in [6.45, 7) is 0.956. The van der Waals surface area contributed by atoms with E-state index >= 15 is 0 Å². The quantitative estimate of drug-likeness (QED) is 0.637. The van der Waals surface area contributed by atoms with E-state index in [9.17, 15) is 16.8 Å². The molecule has 4 rings (SSSR count). The predicted molar refractivity (Wildman–Crippen MR) is 102 cm³/mol. The average molecular weight is 425 g/mol. The molecule has 0 radical (unpaired) electrons. The molecular weight excluding hydrogens is 404 g/mol. The largest absolute Gasteiger partial charge is 0.493 e. The molecule has 0 atom stereocenters. The first kappa shape index (κ1) is 19.2. The van der Waals surface area contributed by atoms with Crippen molar-refractivity contribution in [1.29, 1.82) is 0 Å². The fourth-order valence-electron chi connectivity index (χ4n) is 3.20. The van der Waals surface area contributed by atoms with Crippen LogP contribution in [0.4, 0.5) is 0 Å². The summed E-state index contributed by atoms with van der Waals surface area (Å²) >= 11 is 0. The van der Waals surface area contributed by atoms with E-state index in [1.54, 1.807) is 24.3 Å². The summed E-state index contributed by atoms with van der Waals surface area (Å²) in [6, 6.07) is 9.39. The molecule has 2 aromatic carbocycles. The molecule has 0 amide bonds. The van der Waals surface area contributed by atoms with E-state index in [0.717, 1.165) is 11.1 Å². The van der Waals surface area contributed by atoms with Crippen molar-refractivity contribution in [2.24, 2.45) is 0 Å². The van der Waals surface area contributed by atoms with Crippen molar-refractivity contribution in [3.8, 4) is 11.5 Å². The van der Waals surface area contributed by atoms with Crippen molar-refractivity contribution in [2.75, 3.05) is 26.3 Å². The summed E-state index contributed by atoms with van der Waals surface area (Å²) in [6.07, 6.45) is 1.34. The number of ether oxygens (including phenoxy) is 2. The molecule has 0 saturated carbocycles. The highest BCUT2D eigenvalue weighted by Gasteiger charge is 2.21. The number of sulfonamides is 2. The van der Waals surface area contributed by atoms with E-state index in [0.29, 0.717) is 37.6 Å². The Kier molecular flexibility index (Phi) is 5.04. The molecule has 2 N–H and O–H groups in total. The van der Waals surface area contributed by atoms with Crippen molar-refractivity contribution in [1.82, 2.24) is 9.44 Å². The van der Waals surface area contributed by atoms with Gasteiger partial charge in [0.1, 0.15) is 11.5 Å². The Morgan fingerprint density at radius 2 is 1.14 bits per heavy atom. The molecule has 8 nitrogen and oxygen atoms in total. The summed E-state index contributed by atoms with van der Waals surface area (Å²) < 4.78 is 65.2. The molecule has 2 aromatic rings. The van der Waals surface area contributed by atoms with Crippen LogP contribution in [-0.2, 0) is 32.9 Å². The summed E-state index contributed by atoms with van der Waals surface area (Å²) in [4.78, 5) is 0.274. The third-order valence-electron chi connectivity index (χ3n) is 4.65. The van der Waals surface area contributed by atoms with Crippen LogP contribution in [0.1, 0.15) is 11.1 Å². The maximum absolute atomic E-state index is 12.4. The molecule has 0 unspecified atom stereocenters. The van der Waals surface area contributed by atoms with Gasteiger partial charge in [0.15, 0.2) is 0 Å². The zero-order chi connectivity index (χ0) is 19.8. The minimum atomic E-state index is -3.73. The van der Waals surface area contributed by atoms with Gasteiger partial charge in [0.25, 0.3) is 0 Å². The fourth-order valence-corrected chi connectivity index (χ4v) is 5.36. The van der Waals surface area contributed by atoms with Crippen molar-refractivity contribution in [3.05, 3.63) is 47.5 Å². The molecule has 2 aliphatic heterocycles. The van der Waals surface area contributed by atoms with Crippen LogP contribution in [0.2, 0.25) is 0 Å². The number of fused-ring (bicyclic) bond motifs is 2. The molecule has 150 valence electrons. The van der Waals surface area contributed by atoms with Crippen LogP contribution >= 0.6 is 0 Å². The number of hydrogen-bond acceptors (Lipinski definition) is 6. The Balaban J connectivity index is 1.36. The standard InChI is InChI=1S/C18H20N2O6S2/c21-27(22,15-1-3-17-13(11-15)5-9-25-17)19-7-8-20-28(23,24)16-2-4-18-14(12-16)6-10-26-18/h1-4,11-12,19-20H,5-10H2.